The van der Waals surface area contributed by atoms with Crippen LogP contribution in [0.4, 0.5) is 0 Å². The van der Waals surface area contributed by atoms with Gasteiger partial charge in [-0.1, -0.05) is 158 Å². The minimum atomic E-state index is -0.0337. The van der Waals surface area contributed by atoms with Crippen molar-refractivity contribution in [2.45, 2.75) is 6.04 Å². The van der Waals surface area contributed by atoms with Crippen LogP contribution in [0.25, 0.3) is 77.2 Å². The van der Waals surface area contributed by atoms with E-state index in [1.165, 1.54) is 66.1 Å². The van der Waals surface area contributed by atoms with Crippen molar-refractivity contribution >= 4 is 55.3 Å². The standard InChI is InChI=1S/C52H36N4/c1-4-15-37(16-5-1)45-34-46(38-17-6-2-7-18-38)54-52(53-45)56-47-24-12-10-21-42(47)44-33-39(31-32-49(44)56)35-27-29-36(30-28-35)41-23-14-26-50-51(41)43-22-11-13-25-48(43)55(50)40-19-8-3-9-20-40/h1-34,45H,(H,53,54)/t45-/m1/s1. The summed E-state index contributed by atoms with van der Waals surface area (Å²) in [5.41, 5.74) is 13.8. The van der Waals surface area contributed by atoms with Crippen molar-refractivity contribution < 1.29 is 0 Å². The zero-order valence-corrected chi connectivity index (χ0v) is 30.5. The van der Waals surface area contributed by atoms with Gasteiger partial charge in [0.05, 0.1) is 33.8 Å². The van der Waals surface area contributed by atoms with Gasteiger partial charge < -0.3 is 9.88 Å². The highest BCUT2D eigenvalue weighted by atomic mass is 15.2. The van der Waals surface area contributed by atoms with Crippen LogP contribution >= 0.6 is 0 Å². The SMILES string of the molecule is C1=C(c2ccccc2)N=C(n2c3ccccc3c3cc(-c4ccc(-c5cccc6c5c5ccccc5n6-c5ccccc5)cc4)ccc32)N[C@H]1c1ccccc1. The van der Waals surface area contributed by atoms with Gasteiger partial charge in [0.15, 0.2) is 0 Å². The van der Waals surface area contributed by atoms with E-state index in [1.807, 2.05) is 0 Å². The number of hydrogen-bond donors (Lipinski definition) is 1. The molecule has 0 fully saturated rings. The van der Waals surface area contributed by atoms with Crippen LogP contribution in [0.3, 0.4) is 0 Å². The highest BCUT2D eigenvalue weighted by molar-refractivity contribution is 6.17. The number of aromatic nitrogens is 2. The Kier molecular flexibility index (Phi) is 7.52. The summed E-state index contributed by atoms with van der Waals surface area (Å²) in [6.07, 6.45) is 2.23. The number of nitrogens with one attached hydrogen (secondary N) is 1. The number of fused-ring (bicyclic) bond motifs is 6. The Morgan fingerprint density at radius 3 is 1.77 bits per heavy atom. The first-order valence-electron chi connectivity index (χ1n) is 19.2. The topological polar surface area (TPSA) is 34.2 Å². The second kappa shape index (κ2) is 13.2. The first kappa shape index (κ1) is 32.0. The van der Waals surface area contributed by atoms with Crippen molar-refractivity contribution in [2.75, 3.05) is 0 Å². The van der Waals surface area contributed by atoms with Crippen molar-refractivity contribution in [2.24, 2.45) is 4.99 Å². The molecule has 264 valence electrons. The van der Waals surface area contributed by atoms with Crippen LogP contribution < -0.4 is 5.32 Å². The summed E-state index contributed by atoms with van der Waals surface area (Å²) in [5, 5.41) is 8.71. The number of benzene rings is 8. The molecule has 8 aromatic carbocycles. The van der Waals surface area contributed by atoms with Gasteiger partial charge in [0.25, 0.3) is 0 Å². The Labute approximate surface area is 324 Å². The smallest absolute Gasteiger partial charge is 0.209 e. The highest BCUT2D eigenvalue weighted by Gasteiger charge is 2.23. The van der Waals surface area contributed by atoms with Crippen molar-refractivity contribution in [1.82, 2.24) is 14.5 Å². The van der Waals surface area contributed by atoms with Crippen LogP contribution in [0.2, 0.25) is 0 Å². The molecule has 56 heavy (non-hydrogen) atoms. The van der Waals surface area contributed by atoms with Crippen LogP contribution in [0.15, 0.2) is 211 Å². The molecule has 0 saturated carbocycles. The molecule has 11 rings (SSSR count). The van der Waals surface area contributed by atoms with E-state index in [2.05, 4.69) is 221 Å². The van der Waals surface area contributed by atoms with Crippen molar-refractivity contribution in [3.05, 3.63) is 217 Å². The van der Waals surface area contributed by atoms with Gasteiger partial charge in [-0.2, -0.15) is 0 Å². The molecular formula is C52H36N4. The maximum atomic E-state index is 5.28. The van der Waals surface area contributed by atoms with E-state index >= 15 is 0 Å². The molecule has 0 radical (unpaired) electrons. The van der Waals surface area contributed by atoms with E-state index in [0.717, 1.165) is 28.3 Å². The zero-order chi connectivity index (χ0) is 37.0. The summed E-state index contributed by atoms with van der Waals surface area (Å²) < 4.78 is 4.67. The maximum absolute atomic E-state index is 5.28. The molecular weight excluding hydrogens is 681 g/mol. The molecule has 4 nitrogen and oxygen atoms in total. The third-order valence-corrected chi connectivity index (χ3v) is 11.2. The fraction of sp³-hybridized carbons (Fsp3) is 0.0192. The first-order valence-corrected chi connectivity index (χ1v) is 19.2. The normalized spacial score (nSPS) is 14.2. The maximum Gasteiger partial charge on any atom is 0.209 e. The Morgan fingerprint density at radius 1 is 0.411 bits per heavy atom. The van der Waals surface area contributed by atoms with E-state index in [4.69, 9.17) is 4.99 Å². The summed E-state index contributed by atoms with van der Waals surface area (Å²) in [5.74, 6) is 0.811. The largest absolute Gasteiger partial charge is 0.345 e. The van der Waals surface area contributed by atoms with E-state index < -0.39 is 0 Å². The van der Waals surface area contributed by atoms with Crippen molar-refractivity contribution in [3.8, 4) is 27.9 Å². The van der Waals surface area contributed by atoms with E-state index in [9.17, 15) is 0 Å². The van der Waals surface area contributed by atoms with E-state index in [1.54, 1.807) is 0 Å². The molecule has 0 aliphatic carbocycles. The third-order valence-electron chi connectivity index (χ3n) is 11.2. The van der Waals surface area contributed by atoms with Crippen LogP contribution in [-0.2, 0) is 0 Å². The lowest BCUT2D eigenvalue weighted by molar-refractivity contribution is 0.760. The Morgan fingerprint density at radius 2 is 1.00 bits per heavy atom. The van der Waals surface area contributed by atoms with Crippen LogP contribution in [0.1, 0.15) is 17.2 Å². The van der Waals surface area contributed by atoms with Crippen molar-refractivity contribution in [3.63, 3.8) is 0 Å². The van der Waals surface area contributed by atoms with Gasteiger partial charge in [-0.05, 0) is 76.4 Å². The van der Waals surface area contributed by atoms with Gasteiger partial charge in [-0.3, -0.25) is 4.57 Å². The van der Waals surface area contributed by atoms with Gasteiger partial charge in [0.1, 0.15) is 0 Å². The number of hydrogen-bond acceptors (Lipinski definition) is 2. The second-order valence-corrected chi connectivity index (χ2v) is 14.4. The average molecular weight is 717 g/mol. The molecule has 0 amide bonds. The van der Waals surface area contributed by atoms with Crippen LogP contribution in [0, 0.1) is 0 Å². The number of aliphatic imine (C=N–C) groups is 1. The Hall–Kier alpha value is -7.43. The Balaban J connectivity index is 1.01. The molecule has 0 unspecified atom stereocenters. The molecule has 3 heterocycles. The molecule has 1 aliphatic heterocycles. The molecule has 10 aromatic rings. The van der Waals surface area contributed by atoms with Gasteiger partial charge >= 0.3 is 0 Å². The van der Waals surface area contributed by atoms with E-state index in [0.29, 0.717) is 0 Å². The first-order chi connectivity index (χ1) is 27.8. The summed E-state index contributed by atoms with van der Waals surface area (Å²) in [6.45, 7) is 0. The average Bonchev–Trinajstić information content (AvgIpc) is 3.80. The lowest BCUT2D eigenvalue weighted by Gasteiger charge is -2.25. The van der Waals surface area contributed by atoms with Crippen molar-refractivity contribution in [1.29, 1.82) is 0 Å². The predicted octanol–water partition coefficient (Wildman–Crippen LogP) is 12.8. The molecule has 1 N–H and O–H groups in total. The lowest BCUT2D eigenvalue weighted by Crippen LogP contribution is -2.35. The summed E-state index contributed by atoms with van der Waals surface area (Å²) >= 11 is 0. The minimum Gasteiger partial charge on any atom is -0.345 e. The monoisotopic (exact) mass is 716 g/mol. The van der Waals surface area contributed by atoms with Gasteiger partial charge in [0, 0.05) is 32.8 Å². The molecule has 1 aliphatic rings. The predicted molar refractivity (Wildman–Crippen MR) is 234 cm³/mol. The highest BCUT2D eigenvalue weighted by Crippen LogP contribution is 2.40. The zero-order valence-electron chi connectivity index (χ0n) is 30.5. The number of para-hydroxylation sites is 3. The van der Waals surface area contributed by atoms with Gasteiger partial charge in [0.2, 0.25) is 5.96 Å². The molecule has 1 atom stereocenters. The quantitative estimate of drug-likeness (QED) is 0.189. The minimum absolute atomic E-state index is 0.0337. The van der Waals surface area contributed by atoms with Gasteiger partial charge in [-0.15, -0.1) is 0 Å². The molecule has 2 aromatic heterocycles. The lowest BCUT2D eigenvalue weighted by atomic mass is 9.96. The van der Waals surface area contributed by atoms with Gasteiger partial charge in [-0.25, -0.2) is 4.99 Å². The number of rotatable bonds is 5. The molecule has 4 heteroatoms. The van der Waals surface area contributed by atoms with Crippen LogP contribution in [-0.4, -0.2) is 15.1 Å². The van der Waals surface area contributed by atoms with Crippen LogP contribution in [0.5, 0.6) is 0 Å². The van der Waals surface area contributed by atoms with E-state index in [-0.39, 0.29) is 6.04 Å². The Bertz CT molecular complexity index is 3130. The molecule has 0 saturated heterocycles. The molecule has 0 bridgehead atoms. The fourth-order valence-corrected chi connectivity index (χ4v) is 8.58. The fourth-order valence-electron chi connectivity index (χ4n) is 8.58. The summed E-state index contributed by atoms with van der Waals surface area (Å²) in [4.78, 5) is 5.28. The summed E-state index contributed by atoms with van der Waals surface area (Å²) in [6, 6.07) is 71.6. The third kappa shape index (κ3) is 5.26. The summed E-state index contributed by atoms with van der Waals surface area (Å²) in [7, 11) is 0. The number of nitrogens with zero attached hydrogens (tertiary/aromatic N) is 3. The molecule has 0 spiro atoms. The second-order valence-electron chi connectivity index (χ2n) is 14.4.